The van der Waals surface area contributed by atoms with E-state index in [0.717, 1.165) is 12.0 Å². The van der Waals surface area contributed by atoms with Crippen LogP contribution in [0.25, 0.3) is 10.2 Å². The summed E-state index contributed by atoms with van der Waals surface area (Å²) in [4.78, 5) is 30.1. The van der Waals surface area contributed by atoms with Gasteiger partial charge in [0, 0.05) is 0 Å². The topological polar surface area (TPSA) is 64.0 Å². The Morgan fingerprint density at radius 3 is 2.46 bits per heavy atom. The summed E-state index contributed by atoms with van der Waals surface area (Å²) in [5.74, 6) is 0.559. The van der Waals surface area contributed by atoms with Gasteiger partial charge in [-0.3, -0.25) is 14.2 Å². The van der Waals surface area contributed by atoms with Crippen LogP contribution >= 0.6 is 11.3 Å². The first kappa shape index (κ1) is 20.3. The summed E-state index contributed by atoms with van der Waals surface area (Å²) in [6, 6.07) is 10.1. The van der Waals surface area contributed by atoms with Crippen LogP contribution < -0.4 is 10.9 Å². The monoisotopic (exact) mass is 397 g/mol. The number of fused-ring (bicyclic) bond motifs is 1. The van der Waals surface area contributed by atoms with E-state index in [9.17, 15) is 9.59 Å². The summed E-state index contributed by atoms with van der Waals surface area (Å²) >= 11 is 1.42. The molecule has 0 saturated carbocycles. The van der Waals surface area contributed by atoms with Gasteiger partial charge >= 0.3 is 0 Å². The standard InChI is InChI=1S/C22H27N3O2S/c1-5-15(4)16-6-8-17(9-7-16)20(14(2)3)24-19(26)12-25-13-23-21-18(22(25)27)10-11-28-21/h6-11,13-15,20H,5,12H2,1-4H3,(H,24,26). The molecule has 6 heteroatoms. The molecule has 0 bridgehead atoms. The largest absolute Gasteiger partial charge is 0.347 e. The number of rotatable bonds is 7. The molecule has 0 aliphatic heterocycles. The van der Waals surface area contributed by atoms with Crippen molar-refractivity contribution in [1.29, 1.82) is 0 Å². The molecule has 0 saturated heterocycles. The maximum atomic E-state index is 12.7. The molecule has 0 fully saturated rings. The van der Waals surface area contributed by atoms with Crippen molar-refractivity contribution in [2.45, 2.75) is 52.6 Å². The molecule has 3 rings (SSSR count). The normalized spacial score (nSPS) is 13.6. The van der Waals surface area contributed by atoms with Crippen LogP contribution in [-0.4, -0.2) is 15.5 Å². The van der Waals surface area contributed by atoms with Crippen molar-refractivity contribution in [1.82, 2.24) is 14.9 Å². The molecular weight excluding hydrogens is 370 g/mol. The van der Waals surface area contributed by atoms with Crippen LogP contribution in [0.1, 0.15) is 57.2 Å². The van der Waals surface area contributed by atoms with Crippen molar-refractivity contribution in [3.63, 3.8) is 0 Å². The highest BCUT2D eigenvalue weighted by Crippen LogP contribution is 2.25. The van der Waals surface area contributed by atoms with Gasteiger partial charge in [0.1, 0.15) is 11.4 Å². The van der Waals surface area contributed by atoms with Crippen LogP contribution in [0, 0.1) is 5.92 Å². The zero-order valence-corrected chi connectivity index (χ0v) is 17.6. The van der Waals surface area contributed by atoms with Crippen molar-refractivity contribution < 1.29 is 4.79 Å². The van der Waals surface area contributed by atoms with Crippen LogP contribution in [-0.2, 0) is 11.3 Å². The molecule has 5 nitrogen and oxygen atoms in total. The number of amides is 1. The van der Waals surface area contributed by atoms with Gasteiger partial charge in [-0.2, -0.15) is 0 Å². The van der Waals surface area contributed by atoms with Crippen molar-refractivity contribution in [3.8, 4) is 0 Å². The Balaban J connectivity index is 1.75. The molecule has 0 radical (unpaired) electrons. The van der Waals surface area contributed by atoms with Crippen molar-refractivity contribution >= 4 is 27.5 Å². The first-order chi connectivity index (χ1) is 13.4. The molecular formula is C22H27N3O2S. The number of carbonyl (C=O) groups is 1. The Bertz CT molecular complexity index is 1000. The summed E-state index contributed by atoms with van der Waals surface area (Å²) in [5.41, 5.74) is 2.20. The minimum absolute atomic E-state index is 0.0359. The highest BCUT2D eigenvalue weighted by Gasteiger charge is 2.19. The van der Waals surface area contributed by atoms with E-state index in [-0.39, 0.29) is 30.0 Å². The number of thiophene rings is 1. The molecule has 148 valence electrons. The average Bonchev–Trinajstić information content (AvgIpc) is 3.17. The lowest BCUT2D eigenvalue weighted by Gasteiger charge is -2.24. The fraction of sp³-hybridized carbons (Fsp3) is 0.409. The zero-order valence-electron chi connectivity index (χ0n) is 16.8. The molecule has 2 unspecified atom stereocenters. The van der Waals surface area contributed by atoms with E-state index in [1.54, 1.807) is 6.07 Å². The first-order valence-corrected chi connectivity index (χ1v) is 10.6. The fourth-order valence-corrected chi connectivity index (χ4v) is 4.01. The van der Waals surface area contributed by atoms with Gasteiger partial charge in [0.2, 0.25) is 5.91 Å². The third-order valence-corrected chi connectivity index (χ3v) is 6.05. The van der Waals surface area contributed by atoms with E-state index >= 15 is 0 Å². The van der Waals surface area contributed by atoms with Crippen LogP contribution in [0.5, 0.6) is 0 Å². The van der Waals surface area contributed by atoms with E-state index in [4.69, 9.17) is 0 Å². The quantitative estimate of drug-likeness (QED) is 0.639. The molecule has 1 amide bonds. The molecule has 2 atom stereocenters. The van der Waals surface area contributed by atoms with Crippen molar-refractivity contribution in [3.05, 3.63) is 63.5 Å². The number of hydrogen-bond donors (Lipinski definition) is 1. The molecule has 28 heavy (non-hydrogen) atoms. The molecule has 0 aliphatic rings. The first-order valence-electron chi connectivity index (χ1n) is 9.72. The number of nitrogens with zero attached hydrogens (tertiary/aromatic N) is 2. The second kappa shape index (κ2) is 8.69. The van der Waals surface area contributed by atoms with Crippen LogP contribution in [0.4, 0.5) is 0 Å². The van der Waals surface area contributed by atoms with Crippen LogP contribution in [0.2, 0.25) is 0 Å². The smallest absolute Gasteiger partial charge is 0.262 e. The van der Waals surface area contributed by atoms with E-state index in [1.807, 2.05) is 5.38 Å². The van der Waals surface area contributed by atoms with E-state index < -0.39 is 0 Å². The third kappa shape index (κ3) is 4.33. The Hall–Kier alpha value is -2.47. The number of benzene rings is 1. The summed E-state index contributed by atoms with van der Waals surface area (Å²) in [6.45, 7) is 8.52. The van der Waals surface area contributed by atoms with Gasteiger partial charge in [-0.25, -0.2) is 4.98 Å². The summed E-state index contributed by atoms with van der Waals surface area (Å²) < 4.78 is 1.37. The van der Waals surface area contributed by atoms with Gasteiger partial charge in [0.25, 0.3) is 5.56 Å². The van der Waals surface area contributed by atoms with Gasteiger partial charge in [0.15, 0.2) is 0 Å². The van der Waals surface area contributed by atoms with E-state index in [0.29, 0.717) is 16.1 Å². The molecule has 0 aliphatic carbocycles. The fourth-order valence-electron chi connectivity index (χ4n) is 3.28. The van der Waals surface area contributed by atoms with E-state index in [2.05, 4.69) is 62.3 Å². The highest BCUT2D eigenvalue weighted by atomic mass is 32.1. The predicted molar refractivity (Wildman–Crippen MR) is 115 cm³/mol. The van der Waals surface area contributed by atoms with Crippen LogP contribution in [0.15, 0.2) is 46.8 Å². The van der Waals surface area contributed by atoms with Gasteiger partial charge < -0.3 is 5.32 Å². The molecule has 2 heterocycles. The summed E-state index contributed by atoms with van der Waals surface area (Å²) in [6.07, 6.45) is 2.55. The minimum atomic E-state index is -0.191. The number of carbonyl (C=O) groups excluding carboxylic acids is 1. The molecule has 1 N–H and O–H groups in total. The minimum Gasteiger partial charge on any atom is -0.347 e. The number of aromatic nitrogens is 2. The number of nitrogens with one attached hydrogen (secondary N) is 1. The molecule has 1 aromatic carbocycles. The number of hydrogen-bond acceptors (Lipinski definition) is 4. The summed E-state index contributed by atoms with van der Waals surface area (Å²) in [5, 5.41) is 5.48. The van der Waals surface area contributed by atoms with Gasteiger partial charge in [0.05, 0.1) is 17.8 Å². The van der Waals surface area contributed by atoms with Crippen LogP contribution in [0.3, 0.4) is 0 Å². The summed E-state index contributed by atoms with van der Waals surface area (Å²) in [7, 11) is 0. The second-order valence-electron chi connectivity index (χ2n) is 7.58. The lowest BCUT2D eigenvalue weighted by Crippen LogP contribution is -2.36. The predicted octanol–water partition coefficient (Wildman–Crippen LogP) is 4.49. The highest BCUT2D eigenvalue weighted by molar-refractivity contribution is 7.16. The molecule has 3 aromatic rings. The lowest BCUT2D eigenvalue weighted by atomic mass is 9.92. The molecule has 2 aromatic heterocycles. The zero-order chi connectivity index (χ0) is 20.3. The van der Waals surface area contributed by atoms with Crippen molar-refractivity contribution in [2.24, 2.45) is 5.92 Å². The van der Waals surface area contributed by atoms with Gasteiger partial charge in [-0.1, -0.05) is 52.0 Å². The Morgan fingerprint density at radius 1 is 1.14 bits per heavy atom. The molecule has 0 spiro atoms. The SMILES string of the molecule is CCC(C)c1ccc(C(NC(=O)Cn2cnc3sccc3c2=O)C(C)C)cc1. The maximum Gasteiger partial charge on any atom is 0.262 e. The van der Waals surface area contributed by atoms with Crippen molar-refractivity contribution in [2.75, 3.05) is 0 Å². The van der Waals surface area contributed by atoms with E-state index in [1.165, 1.54) is 27.8 Å². The third-order valence-electron chi connectivity index (χ3n) is 5.22. The average molecular weight is 398 g/mol. The maximum absolute atomic E-state index is 12.7. The Kier molecular flexibility index (Phi) is 6.29. The van der Waals surface area contributed by atoms with Gasteiger partial charge in [-0.15, -0.1) is 11.3 Å². The Morgan fingerprint density at radius 2 is 1.82 bits per heavy atom. The Labute approximate surface area is 169 Å². The van der Waals surface area contributed by atoms with Gasteiger partial charge in [-0.05, 0) is 40.8 Å². The lowest BCUT2D eigenvalue weighted by molar-refractivity contribution is -0.122. The second-order valence-corrected chi connectivity index (χ2v) is 8.48.